The number of carboxylic acid groups (broad SMARTS) is 1. The molecular formula is C18H24N6O3. The Morgan fingerprint density at radius 2 is 2.15 bits per heavy atom. The fraction of sp³-hybridized carbons (Fsp3) is 0.444. The minimum Gasteiger partial charge on any atom is -0.495 e. The van der Waals surface area contributed by atoms with Gasteiger partial charge in [-0.3, -0.25) is 9.69 Å². The van der Waals surface area contributed by atoms with Crippen LogP contribution < -0.4 is 15.8 Å². The fourth-order valence-electron chi connectivity index (χ4n) is 3.46. The van der Waals surface area contributed by atoms with Gasteiger partial charge in [0.2, 0.25) is 11.9 Å². The summed E-state index contributed by atoms with van der Waals surface area (Å²) in [5.74, 6) is 0.695. The smallest absolute Gasteiger partial charge is 0.321 e. The van der Waals surface area contributed by atoms with Crippen molar-refractivity contribution < 1.29 is 14.6 Å². The monoisotopic (exact) mass is 372 g/mol. The molecule has 2 unspecified atom stereocenters. The van der Waals surface area contributed by atoms with E-state index >= 15 is 0 Å². The summed E-state index contributed by atoms with van der Waals surface area (Å²) in [6.45, 7) is 2.94. The molecule has 1 aliphatic rings. The predicted octanol–water partition coefficient (Wildman–Crippen LogP) is 1.89. The van der Waals surface area contributed by atoms with Crippen LogP contribution in [-0.4, -0.2) is 50.6 Å². The molecular weight excluding hydrogens is 348 g/mol. The first kappa shape index (κ1) is 18.8. The SMILES string of the molecule is COc1ccccc1Nc1nc(N)nc(CN2CCCC(C)C2C(=O)O)n1. The molecule has 1 aliphatic heterocycles. The number of anilines is 3. The Bertz CT molecular complexity index is 815. The zero-order chi connectivity index (χ0) is 19.4. The number of nitrogen functional groups attached to an aromatic ring is 1. The standard InChI is InChI=1S/C18H24N6O3/c1-11-6-5-9-24(15(11)16(25)26)10-14-21-17(19)23-18(22-14)20-12-7-3-4-8-13(12)27-2/h3-4,7-8,11,15H,5-6,9-10H2,1-2H3,(H,25,26)(H3,19,20,21,22,23). The molecule has 2 atom stereocenters. The molecule has 2 heterocycles. The van der Waals surface area contributed by atoms with E-state index in [-0.39, 0.29) is 11.9 Å². The normalized spacial score (nSPS) is 20.2. The van der Waals surface area contributed by atoms with Crippen LogP contribution >= 0.6 is 0 Å². The number of carboxylic acids is 1. The molecule has 0 spiro atoms. The van der Waals surface area contributed by atoms with Gasteiger partial charge in [0.25, 0.3) is 0 Å². The number of nitrogens with zero attached hydrogens (tertiary/aromatic N) is 4. The van der Waals surface area contributed by atoms with Crippen LogP contribution in [0.2, 0.25) is 0 Å². The van der Waals surface area contributed by atoms with E-state index < -0.39 is 12.0 Å². The van der Waals surface area contributed by atoms with Crippen molar-refractivity contribution in [1.82, 2.24) is 19.9 Å². The number of aromatic nitrogens is 3. The first-order valence-electron chi connectivity index (χ1n) is 8.85. The van der Waals surface area contributed by atoms with E-state index in [1.54, 1.807) is 7.11 Å². The summed E-state index contributed by atoms with van der Waals surface area (Å²) in [7, 11) is 1.58. The predicted molar refractivity (Wildman–Crippen MR) is 101 cm³/mol. The van der Waals surface area contributed by atoms with E-state index in [2.05, 4.69) is 20.3 Å². The van der Waals surface area contributed by atoms with E-state index in [1.165, 1.54) is 0 Å². The van der Waals surface area contributed by atoms with E-state index in [4.69, 9.17) is 10.5 Å². The van der Waals surface area contributed by atoms with E-state index in [9.17, 15) is 9.90 Å². The van der Waals surface area contributed by atoms with Crippen LogP contribution in [0.1, 0.15) is 25.6 Å². The fourth-order valence-corrected chi connectivity index (χ4v) is 3.46. The highest BCUT2D eigenvalue weighted by Gasteiger charge is 2.34. The van der Waals surface area contributed by atoms with Crippen molar-refractivity contribution in [3.63, 3.8) is 0 Å². The van der Waals surface area contributed by atoms with Crippen LogP contribution in [0.25, 0.3) is 0 Å². The number of hydrogen-bond acceptors (Lipinski definition) is 8. The largest absolute Gasteiger partial charge is 0.495 e. The van der Waals surface area contributed by atoms with Gasteiger partial charge in [-0.15, -0.1) is 0 Å². The maximum Gasteiger partial charge on any atom is 0.321 e. The molecule has 27 heavy (non-hydrogen) atoms. The summed E-state index contributed by atoms with van der Waals surface area (Å²) >= 11 is 0. The third-order valence-electron chi connectivity index (χ3n) is 4.69. The lowest BCUT2D eigenvalue weighted by molar-refractivity contribution is -0.147. The third kappa shape index (κ3) is 4.43. The zero-order valence-corrected chi connectivity index (χ0v) is 15.4. The van der Waals surface area contributed by atoms with E-state index in [0.717, 1.165) is 12.8 Å². The Balaban J connectivity index is 1.82. The molecule has 1 fully saturated rings. The third-order valence-corrected chi connectivity index (χ3v) is 4.69. The number of piperidine rings is 1. The molecule has 144 valence electrons. The number of ether oxygens (including phenoxy) is 1. The molecule has 4 N–H and O–H groups in total. The molecule has 1 aromatic heterocycles. The van der Waals surface area contributed by atoms with Crippen molar-refractivity contribution in [1.29, 1.82) is 0 Å². The number of nitrogens with two attached hydrogens (primary N) is 1. The Morgan fingerprint density at radius 3 is 2.89 bits per heavy atom. The Kier molecular flexibility index (Phi) is 5.70. The van der Waals surface area contributed by atoms with Gasteiger partial charge in [0.1, 0.15) is 17.6 Å². The van der Waals surface area contributed by atoms with Gasteiger partial charge in [0, 0.05) is 0 Å². The molecule has 9 nitrogen and oxygen atoms in total. The van der Waals surface area contributed by atoms with Gasteiger partial charge in [-0.2, -0.15) is 15.0 Å². The number of methoxy groups -OCH3 is 1. The molecule has 0 aliphatic carbocycles. The number of carbonyl (C=O) groups is 1. The molecule has 1 aromatic carbocycles. The van der Waals surface area contributed by atoms with E-state index in [0.29, 0.717) is 36.3 Å². The highest BCUT2D eigenvalue weighted by molar-refractivity contribution is 5.74. The lowest BCUT2D eigenvalue weighted by atomic mass is 9.91. The quantitative estimate of drug-likeness (QED) is 0.696. The molecule has 0 saturated carbocycles. The van der Waals surface area contributed by atoms with Gasteiger partial charge >= 0.3 is 5.97 Å². The van der Waals surface area contributed by atoms with Crippen LogP contribution in [0.4, 0.5) is 17.6 Å². The summed E-state index contributed by atoms with van der Waals surface area (Å²) in [6.07, 6.45) is 1.84. The second-order valence-corrected chi connectivity index (χ2v) is 6.63. The van der Waals surface area contributed by atoms with Gasteiger partial charge in [-0.25, -0.2) is 0 Å². The second-order valence-electron chi connectivity index (χ2n) is 6.63. The van der Waals surface area contributed by atoms with Crippen LogP contribution in [0.3, 0.4) is 0 Å². The Hall–Kier alpha value is -2.94. The number of hydrogen-bond donors (Lipinski definition) is 3. The molecule has 0 radical (unpaired) electrons. The summed E-state index contributed by atoms with van der Waals surface area (Å²) in [6, 6.07) is 6.83. The van der Waals surface area contributed by atoms with Crippen molar-refractivity contribution in [3.05, 3.63) is 30.1 Å². The van der Waals surface area contributed by atoms with Crippen molar-refractivity contribution in [3.8, 4) is 5.75 Å². The number of aliphatic carboxylic acids is 1. The number of likely N-dealkylation sites (tertiary alicyclic amines) is 1. The number of para-hydroxylation sites is 2. The minimum absolute atomic E-state index is 0.0709. The average molecular weight is 372 g/mol. The minimum atomic E-state index is -0.823. The number of nitrogens with one attached hydrogen (secondary N) is 1. The van der Waals surface area contributed by atoms with Crippen molar-refractivity contribution in [2.24, 2.45) is 5.92 Å². The molecule has 1 saturated heterocycles. The highest BCUT2D eigenvalue weighted by Crippen LogP contribution is 2.27. The second kappa shape index (κ2) is 8.17. The van der Waals surface area contributed by atoms with Crippen LogP contribution in [-0.2, 0) is 11.3 Å². The molecule has 0 amide bonds. The lowest BCUT2D eigenvalue weighted by Crippen LogP contribution is -2.48. The molecule has 9 heteroatoms. The first-order chi connectivity index (χ1) is 13.0. The van der Waals surface area contributed by atoms with Crippen molar-refractivity contribution in [2.45, 2.75) is 32.4 Å². The zero-order valence-electron chi connectivity index (χ0n) is 15.4. The van der Waals surface area contributed by atoms with E-state index in [1.807, 2.05) is 36.1 Å². The summed E-state index contributed by atoms with van der Waals surface area (Å²) in [4.78, 5) is 26.3. The van der Waals surface area contributed by atoms with Crippen molar-refractivity contribution in [2.75, 3.05) is 24.7 Å². The number of rotatable bonds is 6. The first-order valence-corrected chi connectivity index (χ1v) is 8.85. The van der Waals surface area contributed by atoms with Gasteiger partial charge in [0.05, 0.1) is 19.3 Å². The molecule has 3 rings (SSSR count). The highest BCUT2D eigenvalue weighted by atomic mass is 16.5. The van der Waals surface area contributed by atoms with Gasteiger partial charge < -0.3 is 20.9 Å². The Morgan fingerprint density at radius 1 is 1.37 bits per heavy atom. The summed E-state index contributed by atoms with van der Waals surface area (Å²) in [5.41, 5.74) is 6.54. The van der Waals surface area contributed by atoms with Gasteiger partial charge in [-0.05, 0) is 37.4 Å². The maximum absolute atomic E-state index is 11.7. The van der Waals surface area contributed by atoms with Crippen LogP contribution in [0, 0.1) is 5.92 Å². The molecule has 0 bridgehead atoms. The maximum atomic E-state index is 11.7. The van der Waals surface area contributed by atoms with Gasteiger partial charge in [0.15, 0.2) is 0 Å². The topological polar surface area (TPSA) is 126 Å². The van der Waals surface area contributed by atoms with Crippen LogP contribution in [0.15, 0.2) is 24.3 Å². The van der Waals surface area contributed by atoms with Gasteiger partial charge in [-0.1, -0.05) is 19.1 Å². The Labute approximate surface area is 157 Å². The summed E-state index contributed by atoms with van der Waals surface area (Å²) < 4.78 is 5.31. The molecule has 2 aromatic rings. The average Bonchev–Trinajstić information content (AvgIpc) is 2.61. The summed E-state index contributed by atoms with van der Waals surface area (Å²) in [5, 5.41) is 12.7. The number of benzene rings is 1. The van der Waals surface area contributed by atoms with Crippen LogP contribution in [0.5, 0.6) is 5.75 Å². The van der Waals surface area contributed by atoms with Crippen molar-refractivity contribution >= 4 is 23.6 Å². The lowest BCUT2D eigenvalue weighted by Gasteiger charge is -2.36.